The van der Waals surface area contributed by atoms with E-state index < -0.39 is 17.7 Å². The molecule has 2 aromatic rings. The van der Waals surface area contributed by atoms with E-state index in [0.717, 1.165) is 17.7 Å². The quantitative estimate of drug-likeness (QED) is 0.875. The lowest BCUT2D eigenvalue weighted by molar-refractivity contribution is 0.251. The number of nitrogens with one attached hydrogen (secondary N) is 2. The molecule has 0 atom stereocenters. The molecule has 2 aromatic carbocycles. The van der Waals surface area contributed by atoms with Crippen molar-refractivity contribution in [1.82, 2.24) is 5.32 Å². The van der Waals surface area contributed by atoms with E-state index >= 15 is 0 Å². The van der Waals surface area contributed by atoms with Crippen molar-refractivity contribution in [2.75, 3.05) is 5.32 Å². The molecule has 0 spiro atoms. The van der Waals surface area contributed by atoms with E-state index in [4.69, 9.17) is 0 Å². The number of carbonyl (C=O) groups is 1. The first-order valence-electron chi connectivity index (χ1n) is 5.69. The molecule has 0 aromatic heterocycles. The first-order valence-corrected chi connectivity index (χ1v) is 5.69. The van der Waals surface area contributed by atoms with Gasteiger partial charge in [0.1, 0.15) is 0 Å². The minimum atomic E-state index is -0.999. The van der Waals surface area contributed by atoms with Gasteiger partial charge in [-0.15, -0.1) is 0 Å². The number of benzene rings is 2. The van der Waals surface area contributed by atoms with Crippen LogP contribution in [0.25, 0.3) is 0 Å². The number of amides is 2. The molecule has 3 nitrogen and oxygen atoms in total. The van der Waals surface area contributed by atoms with Gasteiger partial charge in [0.15, 0.2) is 11.6 Å². The minimum Gasteiger partial charge on any atom is -0.334 e. The summed E-state index contributed by atoms with van der Waals surface area (Å²) < 4.78 is 25.6. The monoisotopic (exact) mass is 262 g/mol. The molecule has 0 aliphatic rings. The highest BCUT2D eigenvalue weighted by atomic mass is 19.2. The second kappa shape index (κ2) is 5.95. The molecule has 98 valence electrons. The zero-order valence-corrected chi connectivity index (χ0v) is 9.99. The zero-order valence-electron chi connectivity index (χ0n) is 9.99. The topological polar surface area (TPSA) is 41.1 Å². The molecule has 0 unspecified atom stereocenters. The van der Waals surface area contributed by atoms with Gasteiger partial charge in [0, 0.05) is 18.3 Å². The second-order valence-corrected chi connectivity index (χ2v) is 3.92. The molecule has 2 N–H and O–H groups in total. The van der Waals surface area contributed by atoms with Crippen LogP contribution in [0.4, 0.5) is 19.3 Å². The Kier molecular flexibility index (Phi) is 4.07. The molecule has 0 radical (unpaired) electrons. The van der Waals surface area contributed by atoms with Gasteiger partial charge in [-0.05, 0) is 17.7 Å². The molecule has 5 heteroatoms. The molecular formula is C14H12F2N2O. The third-order valence-electron chi connectivity index (χ3n) is 2.47. The number of hydrogen-bond donors (Lipinski definition) is 2. The Labute approximate surface area is 109 Å². The Morgan fingerprint density at radius 3 is 2.42 bits per heavy atom. The Morgan fingerprint density at radius 2 is 1.74 bits per heavy atom. The molecule has 0 saturated heterocycles. The Hall–Kier alpha value is -2.43. The lowest BCUT2D eigenvalue weighted by atomic mass is 10.2. The number of urea groups is 1. The molecule has 0 heterocycles. The van der Waals surface area contributed by atoms with Crippen molar-refractivity contribution in [2.45, 2.75) is 6.54 Å². The first kappa shape index (κ1) is 13.0. The van der Waals surface area contributed by atoms with Crippen LogP contribution >= 0.6 is 0 Å². The van der Waals surface area contributed by atoms with Gasteiger partial charge in [0.2, 0.25) is 0 Å². The number of anilines is 1. The third-order valence-corrected chi connectivity index (χ3v) is 2.47. The van der Waals surface area contributed by atoms with Gasteiger partial charge >= 0.3 is 6.03 Å². The van der Waals surface area contributed by atoms with Crippen LogP contribution in [0.2, 0.25) is 0 Å². The summed E-state index contributed by atoms with van der Waals surface area (Å²) in [4.78, 5) is 11.5. The van der Waals surface area contributed by atoms with Crippen LogP contribution in [0.15, 0.2) is 48.5 Å². The SMILES string of the molecule is O=C(NCc1ccccc1)Nc1ccc(F)c(F)c1. The first-order chi connectivity index (χ1) is 9.15. The average Bonchev–Trinajstić information content (AvgIpc) is 2.42. The summed E-state index contributed by atoms with van der Waals surface area (Å²) in [5.74, 6) is -1.95. The van der Waals surface area contributed by atoms with Crippen LogP contribution in [-0.4, -0.2) is 6.03 Å². The molecule has 0 fully saturated rings. The third kappa shape index (κ3) is 3.77. The minimum absolute atomic E-state index is 0.199. The lowest BCUT2D eigenvalue weighted by Crippen LogP contribution is -2.28. The Bertz CT molecular complexity index is 573. The molecule has 2 amide bonds. The standard InChI is InChI=1S/C14H12F2N2O/c15-12-7-6-11(8-13(12)16)18-14(19)17-9-10-4-2-1-3-5-10/h1-8H,9H2,(H2,17,18,19). The van der Waals surface area contributed by atoms with Crippen LogP contribution < -0.4 is 10.6 Å². The van der Waals surface area contributed by atoms with Crippen molar-refractivity contribution in [3.63, 3.8) is 0 Å². The molecular weight excluding hydrogens is 250 g/mol. The van der Waals surface area contributed by atoms with E-state index in [-0.39, 0.29) is 5.69 Å². The fourth-order valence-electron chi connectivity index (χ4n) is 1.53. The fraction of sp³-hybridized carbons (Fsp3) is 0.0714. The maximum absolute atomic E-state index is 12.9. The molecule has 0 saturated carbocycles. The van der Waals surface area contributed by atoms with Crippen LogP contribution in [0.5, 0.6) is 0 Å². The van der Waals surface area contributed by atoms with Crippen molar-refractivity contribution in [3.8, 4) is 0 Å². The highest BCUT2D eigenvalue weighted by Gasteiger charge is 2.05. The summed E-state index contributed by atoms with van der Waals surface area (Å²) in [5.41, 5.74) is 1.15. The van der Waals surface area contributed by atoms with E-state index in [0.29, 0.717) is 6.54 Å². The summed E-state index contributed by atoms with van der Waals surface area (Å²) in [6.45, 7) is 0.357. The molecule has 0 bridgehead atoms. The second-order valence-electron chi connectivity index (χ2n) is 3.92. The number of rotatable bonds is 3. The Morgan fingerprint density at radius 1 is 1.00 bits per heavy atom. The van der Waals surface area contributed by atoms with Gasteiger partial charge in [0.05, 0.1) is 0 Å². The number of halogens is 2. The summed E-state index contributed by atoms with van der Waals surface area (Å²) in [6, 6.07) is 12.1. The molecule has 19 heavy (non-hydrogen) atoms. The van der Waals surface area contributed by atoms with Gasteiger partial charge in [0.25, 0.3) is 0 Å². The maximum atomic E-state index is 12.9. The van der Waals surface area contributed by atoms with Crippen LogP contribution in [0.1, 0.15) is 5.56 Å². The van der Waals surface area contributed by atoms with Crippen molar-refractivity contribution in [2.24, 2.45) is 0 Å². The predicted octanol–water partition coefficient (Wildman–Crippen LogP) is 3.29. The maximum Gasteiger partial charge on any atom is 0.319 e. The zero-order chi connectivity index (χ0) is 13.7. The van der Waals surface area contributed by atoms with Gasteiger partial charge < -0.3 is 10.6 Å². The van der Waals surface area contributed by atoms with Crippen molar-refractivity contribution < 1.29 is 13.6 Å². The van der Waals surface area contributed by atoms with E-state index in [1.165, 1.54) is 6.07 Å². The average molecular weight is 262 g/mol. The van der Waals surface area contributed by atoms with Crippen LogP contribution in [0, 0.1) is 11.6 Å². The van der Waals surface area contributed by atoms with Crippen LogP contribution in [-0.2, 0) is 6.54 Å². The number of carbonyl (C=O) groups excluding carboxylic acids is 1. The van der Waals surface area contributed by atoms with Gasteiger partial charge in [-0.3, -0.25) is 0 Å². The number of hydrogen-bond acceptors (Lipinski definition) is 1. The normalized spacial score (nSPS) is 10.0. The van der Waals surface area contributed by atoms with Crippen LogP contribution in [0.3, 0.4) is 0 Å². The summed E-state index contributed by atoms with van der Waals surface area (Å²) in [7, 11) is 0. The largest absolute Gasteiger partial charge is 0.334 e. The van der Waals surface area contributed by atoms with Crippen molar-refractivity contribution in [1.29, 1.82) is 0 Å². The summed E-state index contributed by atoms with van der Waals surface area (Å²) in [6.07, 6.45) is 0. The van der Waals surface area contributed by atoms with E-state index in [1.807, 2.05) is 30.3 Å². The molecule has 2 rings (SSSR count). The van der Waals surface area contributed by atoms with Gasteiger partial charge in [-0.25, -0.2) is 13.6 Å². The lowest BCUT2D eigenvalue weighted by Gasteiger charge is -2.07. The fourth-order valence-corrected chi connectivity index (χ4v) is 1.53. The summed E-state index contributed by atoms with van der Waals surface area (Å²) in [5, 5.41) is 5.04. The van der Waals surface area contributed by atoms with Crippen molar-refractivity contribution in [3.05, 3.63) is 65.7 Å². The van der Waals surface area contributed by atoms with Gasteiger partial charge in [-0.1, -0.05) is 30.3 Å². The van der Waals surface area contributed by atoms with E-state index in [9.17, 15) is 13.6 Å². The smallest absolute Gasteiger partial charge is 0.319 e. The van der Waals surface area contributed by atoms with Gasteiger partial charge in [-0.2, -0.15) is 0 Å². The van der Waals surface area contributed by atoms with E-state index in [1.54, 1.807) is 0 Å². The summed E-state index contributed by atoms with van der Waals surface area (Å²) >= 11 is 0. The van der Waals surface area contributed by atoms with E-state index in [2.05, 4.69) is 10.6 Å². The Balaban J connectivity index is 1.89. The highest BCUT2D eigenvalue weighted by Crippen LogP contribution is 2.12. The van der Waals surface area contributed by atoms with Crippen molar-refractivity contribution >= 4 is 11.7 Å². The molecule has 0 aliphatic heterocycles. The molecule has 0 aliphatic carbocycles. The predicted molar refractivity (Wildman–Crippen MR) is 68.7 cm³/mol. The highest BCUT2D eigenvalue weighted by molar-refractivity contribution is 5.89.